The van der Waals surface area contributed by atoms with E-state index < -0.39 is 0 Å². The summed E-state index contributed by atoms with van der Waals surface area (Å²) in [4.78, 5) is 22.2. The van der Waals surface area contributed by atoms with Gasteiger partial charge in [-0.1, -0.05) is 6.07 Å². The standard InChI is InChI=1S/C16H20N4O/c1-11-8-12(2)19-15(11)16(21)20-7-6-18-10-14(20)13-4-3-5-17-9-13/h3-5,8-9,14,18-19H,6-7,10H2,1-2H3. The molecule has 5 nitrogen and oxygen atoms in total. The van der Waals surface area contributed by atoms with Gasteiger partial charge in [-0.15, -0.1) is 0 Å². The predicted octanol–water partition coefficient (Wildman–Crippen LogP) is 1.81. The van der Waals surface area contributed by atoms with E-state index in [0.717, 1.165) is 29.9 Å². The summed E-state index contributed by atoms with van der Waals surface area (Å²) in [5.74, 6) is 0.0657. The van der Waals surface area contributed by atoms with E-state index in [1.165, 1.54) is 0 Å². The van der Waals surface area contributed by atoms with Crippen molar-refractivity contribution in [2.24, 2.45) is 0 Å². The molecule has 110 valence electrons. The smallest absolute Gasteiger partial charge is 0.271 e. The van der Waals surface area contributed by atoms with Gasteiger partial charge in [0.15, 0.2) is 0 Å². The van der Waals surface area contributed by atoms with Gasteiger partial charge in [0.2, 0.25) is 0 Å². The van der Waals surface area contributed by atoms with Gasteiger partial charge in [-0.2, -0.15) is 0 Å². The largest absolute Gasteiger partial charge is 0.354 e. The van der Waals surface area contributed by atoms with Crippen LogP contribution in [0.5, 0.6) is 0 Å². The second kappa shape index (κ2) is 5.69. The molecule has 0 radical (unpaired) electrons. The minimum Gasteiger partial charge on any atom is -0.354 e. The van der Waals surface area contributed by atoms with Crippen molar-refractivity contribution in [1.82, 2.24) is 20.2 Å². The first-order valence-corrected chi connectivity index (χ1v) is 7.24. The van der Waals surface area contributed by atoms with Gasteiger partial charge in [-0.3, -0.25) is 9.78 Å². The molecule has 0 saturated carbocycles. The van der Waals surface area contributed by atoms with Crippen LogP contribution in [0.3, 0.4) is 0 Å². The average Bonchev–Trinajstić information content (AvgIpc) is 2.86. The van der Waals surface area contributed by atoms with Crippen molar-refractivity contribution >= 4 is 5.91 Å². The number of amides is 1. The molecule has 0 spiro atoms. The van der Waals surface area contributed by atoms with E-state index in [1.54, 1.807) is 6.20 Å². The van der Waals surface area contributed by atoms with Gasteiger partial charge >= 0.3 is 0 Å². The van der Waals surface area contributed by atoms with E-state index in [-0.39, 0.29) is 11.9 Å². The number of carbonyl (C=O) groups is 1. The Bertz CT molecular complexity index is 635. The van der Waals surface area contributed by atoms with Crippen molar-refractivity contribution in [2.75, 3.05) is 19.6 Å². The van der Waals surface area contributed by atoms with Crippen LogP contribution in [0, 0.1) is 13.8 Å². The predicted molar refractivity (Wildman–Crippen MR) is 81.2 cm³/mol. The van der Waals surface area contributed by atoms with Crippen LogP contribution in [-0.2, 0) is 0 Å². The molecule has 2 N–H and O–H groups in total. The summed E-state index contributed by atoms with van der Waals surface area (Å²) < 4.78 is 0. The second-order valence-electron chi connectivity index (χ2n) is 5.52. The number of pyridine rings is 1. The lowest BCUT2D eigenvalue weighted by molar-refractivity contribution is 0.0627. The summed E-state index contributed by atoms with van der Waals surface area (Å²) in [6, 6.07) is 5.98. The molecule has 1 fully saturated rings. The zero-order chi connectivity index (χ0) is 14.8. The van der Waals surface area contributed by atoms with Crippen LogP contribution in [0.15, 0.2) is 30.6 Å². The molecule has 3 heterocycles. The van der Waals surface area contributed by atoms with Gasteiger partial charge < -0.3 is 15.2 Å². The first kappa shape index (κ1) is 13.8. The summed E-state index contributed by atoms with van der Waals surface area (Å²) in [5, 5.41) is 3.36. The minimum atomic E-state index is 0.0305. The highest BCUT2D eigenvalue weighted by Gasteiger charge is 2.30. The number of aromatic amines is 1. The Morgan fingerprint density at radius 3 is 2.95 bits per heavy atom. The van der Waals surface area contributed by atoms with Gasteiger partial charge in [-0.05, 0) is 37.1 Å². The fourth-order valence-electron chi connectivity index (χ4n) is 2.91. The van der Waals surface area contributed by atoms with Gasteiger partial charge in [-0.25, -0.2) is 0 Å². The van der Waals surface area contributed by atoms with Crippen LogP contribution >= 0.6 is 0 Å². The fraction of sp³-hybridized carbons (Fsp3) is 0.375. The number of nitrogens with one attached hydrogen (secondary N) is 2. The van der Waals surface area contributed by atoms with Crippen LogP contribution in [0.2, 0.25) is 0 Å². The van der Waals surface area contributed by atoms with Gasteiger partial charge in [0.05, 0.1) is 6.04 Å². The summed E-state index contributed by atoms with van der Waals surface area (Å²) in [6.07, 6.45) is 3.59. The van der Waals surface area contributed by atoms with E-state index in [0.29, 0.717) is 12.2 Å². The van der Waals surface area contributed by atoms with E-state index in [2.05, 4.69) is 15.3 Å². The Kier molecular flexibility index (Phi) is 3.75. The molecule has 1 unspecified atom stereocenters. The number of nitrogens with zero attached hydrogens (tertiary/aromatic N) is 2. The number of aryl methyl sites for hydroxylation is 2. The zero-order valence-corrected chi connectivity index (χ0v) is 12.4. The highest BCUT2D eigenvalue weighted by atomic mass is 16.2. The maximum Gasteiger partial charge on any atom is 0.271 e. The van der Waals surface area contributed by atoms with Gasteiger partial charge in [0, 0.05) is 37.7 Å². The average molecular weight is 284 g/mol. The van der Waals surface area contributed by atoms with E-state index in [9.17, 15) is 4.79 Å². The van der Waals surface area contributed by atoms with Gasteiger partial charge in [0.1, 0.15) is 5.69 Å². The molecule has 2 aromatic heterocycles. The fourth-order valence-corrected chi connectivity index (χ4v) is 2.91. The summed E-state index contributed by atoms with van der Waals surface area (Å²) >= 11 is 0. The first-order valence-electron chi connectivity index (χ1n) is 7.24. The molecule has 0 bridgehead atoms. The SMILES string of the molecule is Cc1cc(C)c(C(=O)N2CCNCC2c2cccnc2)[nH]1. The topological polar surface area (TPSA) is 61.0 Å². The summed E-state index contributed by atoms with van der Waals surface area (Å²) in [7, 11) is 0. The number of hydrogen-bond donors (Lipinski definition) is 2. The lowest BCUT2D eigenvalue weighted by Crippen LogP contribution is -2.49. The number of H-pyrrole nitrogens is 1. The molecule has 21 heavy (non-hydrogen) atoms. The highest BCUT2D eigenvalue weighted by molar-refractivity contribution is 5.94. The Morgan fingerprint density at radius 1 is 1.43 bits per heavy atom. The van der Waals surface area contributed by atoms with Crippen molar-refractivity contribution in [1.29, 1.82) is 0 Å². The molecular weight excluding hydrogens is 264 g/mol. The van der Waals surface area contributed by atoms with Crippen LogP contribution in [0.4, 0.5) is 0 Å². The molecule has 0 aromatic carbocycles. The third-order valence-electron chi connectivity index (χ3n) is 3.94. The van der Waals surface area contributed by atoms with Crippen molar-refractivity contribution in [2.45, 2.75) is 19.9 Å². The quantitative estimate of drug-likeness (QED) is 0.884. The van der Waals surface area contributed by atoms with E-state index >= 15 is 0 Å². The number of hydrogen-bond acceptors (Lipinski definition) is 3. The summed E-state index contributed by atoms with van der Waals surface area (Å²) in [6.45, 7) is 6.23. The molecule has 1 amide bonds. The van der Waals surface area contributed by atoms with Crippen molar-refractivity contribution in [3.8, 4) is 0 Å². The van der Waals surface area contributed by atoms with E-state index in [1.807, 2.05) is 43.1 Å². The van der Waals surface area contributed by atoms with Crippen LogP contribution in [0.25, 0.3) is 0 Å². The molecule has 1 atom stereocenters. The Balaban J connectivity index is 1.91. The molecule has 3 rings (SSSR count). The van der Waals surface area contributed by atoms with Crippen LogP contribution < -0.4 is 5.32 Å². The summed E-state index contributed by atoms with van der Waals surface area (Å²) in [5.41, 5.74) is 3.78. The van der Waals surface area contributed by atoms with Crippen molar-refractivity contribution < 1.29 is 4.79 Å². The number of rotatable bonds is 2. The first-order chi connectivity index (χ1) is 10.2. The minimum absolute atomic E-state index is 0.0305. The lowest BCUT2D eigenvalue weighted by atomic mass is 10.0. The molecule has 1 aliphatic heterocycles. The molecule has 5 heteroatoms. The van der Waals surface area contributed by atoms with Gasteiger partial charge in [0.25, 0.3) is 5.91 Å². The number of piperazine rings is 1. The second-order valence-corrected chi connectivity index (χ2v) is 5.52. The third-order valence-corrected chi connectivity index (χ3v) is 3.94. The van der Waals surface area contributed by atoms with Crippen molar-refractivity contribution in [3.63, 3.8) is 0 Å². The molecule has 1 aliphatic rings. The normalized spacial score (nSPS) is 18.8. The number of carbonyl (C=O) groups excluding carboxylic acids is 1. The Morgan fingerprint density at radius 2 is 2.29 bits per heavy atom. The maximum atomic E-state index is 12.9. The zero-order valence-electron chi connectivity index (χ0n) is 12.4. The number of aromatic nitrogens is 2. The van der Waals surface area contributed by atoms with Crippen LogP contribution in [0.1, 0.15) is 33.4 Å². The third kappa shape index (κ3) is 2.69. The highest BCUT2D eigenvalue weighted by Crippen LogP contribution is 2.24. The molecule has 0 aliphatic carbocycles. The molecular formula is C16H20N4O. The van der Waals surface area contributed by atoms with E-state index in [4.69, 9.17) is 0 Å². The Hall–Kier alpha value is -2.14. The monoisotopic (exact) mass is 284 g/mol. The molecule has 1 saturated heterocycles. The Labute approximate surface area is 124 Å². The van der Waals surface area contributed by atoms with Crippen molar-refractivity contribution in [3.05, 3.63) is 53.1 Å². The van der Waals surface area contributed by atoms with Crippen LogP contribution in [-0.4, -0.2) is 40.4 Å². The lowest BCUT2D eigenvalue weighted by Gasteiger charge is -2.36. The maximum absolute atomic E-state index is 12.9. The molecule has 2 aromatic rings.